The third-order valence-electron chi connectivity index (χ3n) is 3.42. The zero-order valence-electron chi connectivity index (χ0n) is 11.0. The Morgan fingerprint density at radius 2 is 2.32 bits per heavy atom. The first-order valence-electron chi connectivity index (χ1n) is 6.54. The van der Waals surface area contributed by atoms with Gasteiger partial charge in [0.15, 0.2) is 0 Å². The molecule has 0 saturated carbocycles. The minimum absolute atomic E-state index is 0.0113. The molecule has 1 N–H and O–H groups in total. The fourth-order valence-corrected chi connectivity index (χ4v) is 2.46. The molecule has 1 fully saturated rings. The third-order valence-corrected chi connectivity index (χ3v) is 3.42. The van der Waals surface area contributed by atoms with Crippen molar-refractivity contribution in [2.45, 2.75) is 45.1 Å². The molecule has 2 rings (SSSR count). The van der Waals surface area contributed by atoms with E-state index in [0.717, 1.165) is 19.3 Å². The predicted molar refractivity (Wildman–Crippen MR) is 66.8 cm³/mol. The molecule has 6 nitrogen and oxygen atoms in total. The lowest BCUT2D eigenvalue weighted by molar-refractivity contribution is -0.137. The van der Waals surface area contributed by atoms with Crippen LogP contribution in [0.15, 0.2) is 10.6 Å². The number of aryl methyl sites for hydroxylation is 1. The molecule has 2 heterocycles. The quantitative estimate of drug-likeness (QED) is 0.899. The zero-order chi connectivity index (χ0) is 13.8. The second-order valence-corrected chi connectivity index (χ2v) is 4.91. The van der Waals surface area contributed by atoms with Crippen LogP contribution in [0.2, 0.25) is 0 Å². The average molecular weight is 266 g/mol. The number of rotatable bonds is 4. The molecule has 0 spiro atoms. The maximum Gasteiger partial charge on any atom is 0.303 e. The Balaban J connectivity index is 2.06. The van der Waals surface area contributed by atoms with Gasteiger partial charge < -0.3 is 14.5 Å². The Morgan fingerprint density at radius 1 is 1.53 bits per heavy atom. The van der Waals surface area contributed by atoms with Gasteiger partial charge >= 0.3 is 5.97 Å². The molecule has 6 heteroatoms. The minimum Gasteiger partial charge on any atom is -0.481 e. The largest absolute Gasteiger partial charge is 0.481 e. The summed E-state index contributed by atoms with van der Waals surface area (Å²) >= 11 is 0. The minimum atomic E-state index is -0.825. The smallest absolute Gasteiger partial charge is 0.303 e. The van der Waals surface area contributed by atoms with Crippen LogP contribution >= 0.6 is 0 Å². The van der Waals surface area contributed by atoms with Gasteiger partial charge in [0.2, 0.25) is 5.76 Å². The van der Waals surface area contributed by atoms with Crippen LogP contribution in [-0.4, -0.2) is 39.6 Å². The van der Waals surface area contributed by atoms with Crippen LogP contribution in [0.5, 0.6) is 0 Å². The molecule has 1 aromatic heterocycles. The van der Waals surface area contributed by atoms with Crippen LogP contribution in [0.25, 0.3) is 0 Å². The number of amides is 1. The summed E-state index contributed by atoms with van der Waals surface area (Å²) in [6.07, 6.45) is 3.41. The van der Waals surface area contributed by atoms with Gasteiger partial charge in [-0.1, -0.05) is 5.16 Å². The second kappa shape index (κ2) is 5.86. The Labute approximate surface area is 111 Å². The number of carboxylic acid groups (broad SMARTS) is 1. The Bertz CT molecular complexity index is 469. The summed E-state index contributed by atoms with van der Waals surface area (Å²) in [5.74, 6) is -0.774. The summed E-state index contributed by atoms with van der Waals surface area (Å²) < 4.78 is 5.00. The van der Waals surface area contributed by atoms with E-state index in [-0.39, 0.29) is 24.1 Å². The monoisotopic (exact) mass is 266 g/mol. The van der Waals surface area contributed by atoms with E-state index in [1.54, 1.807) is 17.9 Å². The summed E-state index contributed by atoms with van der Waals surface area (Å²) in [6, 6.07) is 1.60. The molecule has 1 amide bonds. The van der Waals surface area contributed by atoms with Crippen molar-refractivity contribution in [2.75, 3.05) is 6.54 Å². The van der Waals surface area contributed by atoms with E-state index in [1.165, 1.54) is 0 Å². The summed E-state index contributed by atoms with van der Waals surface area (Å²) in [6.45, 7) is 2.42. The van der Waals surface area contributed by atoms with Crippen molar-refractivity contribution in [1.82, 2.24) is 10.1 Å². The van der Waals surface area contributed by atoms with Crippen LogP contribution in [0.3, 0.4) is 0 Å². The number of carbonyl (C=O) groups excluding carboxylic acids is 1. The van der Waals surface area contributed by atoms with Crippen molar-refractivity contribution in [3.63, 3.8) is 0 Å². The van der Waals surface area contributed by atoms with Crippen LogP contribution in [-0.2, 0) is 4.79 Å². The van der Waals surface area contributed by atoms with E-state index in [1.807, 2.05) is 0 Å². The van der Waals surface area contributed by atoms with E-state index in [9.17, 15) is 9.59 Å². The van der Waals surface area contributed by atoms with E-state index in [0.29, 0.717) is 18.7 Å². The molecule has 19 heavy (non-hydrogen) atoms. The molecule has 1 atom stereocenters. The van der Waals surface area contributed by atoms with Gasteiger partial charge in [0.05, 0.1) is 5.69 Å². The lowest BCUT2D eigenvalue weighted by atomic mass is 9.97. The summed E-state index contributed by atoms with van der Waals surface area (Å²) in [7, 11) is 0. The number of nitrogens with zero attached hydrogens (tertiary/aromatic N) is 2. The first kappa shape index (κ1) is 13.6. The van der Waals surface area contributed by atoms with E-state index < -0.39 is 5.97 Å². The highest BCUT2D eigenvalue weighted by molar-refractivity contribution is 5.91. The highest BCUT2D eigenvalue weighted by Gasteiger charge is 2.29. The molecule has 0 aliphatic carbocycles. The number of hydrogen-bond donors (Lipinski definition) is 1. The van der Waals surface area contributed by atoms with Crippen LogP contribution in [0, 0.1) is 6.92 Å². The van der Waals surface area contributed by atoms with Crippen molar-refractivity contribution in [1.29, 1.82) is 0 Å². The lowest BCUT2D eigenvalue weighted by Gasteiger charge is -2.34. The van der Waals surface area contributed by atoms with Gasteiger partial charge in [-0.3, -0.25) is 9.59 Å². The SMILES string of the molecule is Cc1cc(C(=O)N2CCCCC2CCC(=O)O)on1. The van der Waals surface area contributed by atoms with Gasteiger partial charge in [0.1, 0.15) is 0 Å². The van der Waals surface area contributed by atoms with E-state index in [2.05, 4.69) is 5.16 Å². The molecule has 0 aromatic carbocycles. The van der Waals surface area contributed by atoms with Gasteiger partial charge in [0, 0.05) is 25.1 Å². The molecule has 1 unspecified atom stereocenters. The Hall–Kier alpha value is -1.85. The number of carbonyl (C=O) groups is 2. The van der Waals surface area contributed by atoms with Crippen LogP contribution in [0.1, 0.15) is 48.4 Å². The van der Waals surface area contributed by atoms with Gasteiger partial charge in [0.25, 0.3) is 5.91 Å². The van der Waals surface area contributed by atoms with Crippen molar-refractivity contribution in [3.8, 4) is 0 Å². The predicted octanol–water partition coefficient (Wildman–Crippen LogP) is 1.84. The van der Waals surface area contributed by atoms with Crippen LogP contribution in [0.4, 0.5) is 0 Å². The number of aromatic nitrogens is 1. The third kappa shape index (κ3) is 3.33. The van der Waals surface area contributed by atoms with Crippen LogP contribution < -0.4 is 0 Å². The molecule has 1 aliphatic heterocycles. The van der Waals surface area contributed by atoms with Gasteiger partial charge in [-0.05, 0) is 32.6 Å². The first-order valence-corrected chi connectivity index (χ1v) is 6.54. The number of aliphatic carboxylic acids is 1. The number of piperidine rings is 1. The summed E-state index contributed by atoms with van der Waals surface area (Å²) in [5, 5.41) is 12.5. The highest BCUT2D eigenvalue weighted by atomic mass is 16.5. The fourth-order valence-electron chi connectivity index (χ4n) is 2.46. The number of carboxylic acids is 1. The molecular weight excluding hydrogens is 248 g/mol. The van der Waals surface area contributed by atoms with Gasteiger partial charge in [-0.25, -0.2) is 0 Å². The Kier molecular flexibility index (Phi) is 4.19. The van der Waals surface area contributed by atoms with Crippen molar-refractivity contribution >= 4 is 11.9 Å². The zero-order valence-corrected chi connectivity index (χ0v) is 11.0. The normalized spacial score (nSPS) is 19.4. The molecule has 104 valence electrons. The number of likely N-dealkylation sites (tertiary alicyclic amines) is 1. The molecule has 1 aromatic rings. The lowest BCUT2D eigenvalue weighted by Crippen LogP contribution is -2.43. The average Bonchev–Trinajstić information content (AvgIpc) is 2.82. The molecule has 1 aliphatic rings. The first-order chi connectivity index (χ1) is 9.08. The van der Waals surface area contributed by atoms with E-state index >= 15 is 0 Å². The standard InChI is InChI=1S/C13H18N2O4/c1-9-8-11(19-14-9)13(18)15-7-3-2-4-10(15)5-6-12(16)17/h8,10H,2-7H2,1H3,(H,16,17). The topological polar surface area (TPSA) is 83.6 Å². The molecular formula is C13H18N2O4. The summed E-state index contributed by atoms with van der Waals surface area (Å²) in [5.41, 5.74) is 0.669. The molecule has 1 saturated heterocycles. The van der Waals surface area contributed by atoms with Crippen molar-refractivity contribution < 1.29 is 19.2 Å². The van der Waals surface area contributed by atoms with E-state index in [4.69, 9.17) is 9.63 Å². The van der Waals surface area contributed by atoms with Gasteiger partial charge in [-0.2, -0.15) is 0 Å². The molecule has 0 radical (unpaired) electrons. The maximum atomic E-state index is 12.3. The van der Waals surface area contributed by atoms with Crippen molar-refractivity contribution in [3.05, 3.63) is 17.5 Å². The summed E-state index contributed by atoms with van der Waals surface area (Å²) in [4.78, 5) is 24.7. The Morgan fingerprint density at radius 3 is 2.95 bits per heavy atom. The molecule has 0 bridgehead atoms. The van der Waals surface area contributed by atoms with Gasteiger partial charge in [-0.15, -0.1) is 0 Å². The maximum absolute atomic E-state index is 12.3. The highest BCUT2D eigenvalue weighted by Crippen LogP contribution is 2.23. The number of hydrogen-bond acceptors (Lipinski definition) is 4. The van der Waals surface area contributed by atoms with Crippen molar-refractivity contribution in [2.24, 2.45) is 0 Å². The fraction of sp³-hybridized carbons (Fsp3) is 0.615. The second-order valence-electron chi connectivity index (χ2n) is 4.91.